The van der Waals surface area contributed by atoms with Crippen molar-refractivity contribution in [3.63, 3.8) is 0 Å². The van der Waals surface area contributed by atoms with Crippen LogP contribution in [0.15, 0.2) is 16.7 Å². The fourth-order valence-electron chi connectivity index (χ4n) is 2.40. The Morgan fingerprint density at radius 3 is 2.90 bits per heavy atom. The Bertz CT molecular complexity index is 502. The van der Waals surface area contributed by atoms with E-state index in [-0.39, 0.29) is 17.6 Å². The molecule has 0 unspecified atom stereocenters. The lowest BCUT2D eigenvalue weighted by Crippen LogP contribution is -2.45. The van der Waals surface area contributed by atoms with Crippen molar-refractivity contribution >= 4 is 33.4 Å². The molecular weight excluding hydrogens is 344 g/mol. The van der Waals surface area contributed by atoms with Gasteiger partial charge in [-0.3, -0.25) is 4.79 Å². The highest BCUT2D eigenvalue weighted by molar-refractivity contribution is 9.10. The smallest absolute Gasteiger partial charge is 0.254 e. The van der Waals surface area contributed by atoms with E-state index >= 15 is 0 Å². The highest BCUT2D eigenvalue weighted by atomic mass is 79.9. The number of amides is 1. The van der Waals surface area contributed by atoms with Crippen molar-refractivity contribution in [2.45, 2.75) is 38.2 Å². The second kappa shape index (κ2) is 6.41. The van der Waals surface area contributed by atoms with Crippen molar-refractivity contribution in [1.82, 2.24) is 10.3 Å². The molecule has 0 saturated heterocycles. The molecule has 2 rings (SSSR count). The highest BCUT2D eigenvalue weighted by Crippen LogP contribution is 2.31. The van der Waals surface area contributed by atoms with E-state index < -0.39 is 5.60 Å². The summed E-state index contributed by atoms with van der Waals surface area (Å²) in [5.41, 5.74) is -0.484. The first-order valence-electron chi connectivity index (χ1n) is 6.71. The summed E-state index contributed by atoms with van der Waals surface area (Å²) in [7, 11) is 0. The molecule has 6 heteroatoms. The van der Waals surface area contributed by atoms with E-state index in [0.717, 1.165) is 25.7 Å². The van der Waals surface area contributed by atoms with Gasteiger partial charge in [-0.25, -0.2) is 4.98 Å². The van der Waals surface area contributed by atoms with Gasteiger partial charge in [-0.05, 0) is 53.6 Å². The van der Waals surface area contributed by atoms with Crippen LogP contribution >= 0.6 is 27.5 Å². The minimum absolute atomic E-state index is 0.162. The maximum absolute atomic E-state index is 12.1. The third-order valence-corrected chi connectivity index (χ3v) is 4.57. The minimum Gasteiger partial charge on any atom is -0.388 e. The third kappa shape index (κ3) is 3.93. The normalized spacial score (nSPS) is 26.3. The molecule has 1 aliphatic rings. The number of nitrogens with one attached hydrogen (secondary N) is 1. The number of carbonyl (C=O) groups is 1. The summed E-state index contributed by atoms with van der Waals surface area (Å²) in [6.45, 7) is 2.44. The van der Waals surface area contributed by atoms with Crippen molar-refractivity contribution in [2.75, 3.05) is 6.54 Å². The van der Waals surface area contributed by atoms with E-state index in [4.69, 9.17) is 11.6 Å². The van der Waals surface area contributed by atoms with Gasteiger partial charge in [0.15, 0.2) is 0 Å². The van der Waals surface area contributed by atoms with Gasteiger partial charge in [-0.15, -0.1) is 0 Å². The van der Waals surface area contributed by atoms with Gasteiger partial charge in [-0.2, -0.15) is 0 Å². The molecule has 20 heavy (non-hydrogen) atoms. The third-order valence-electron chi connectivity index (χ3n) is 3.83. The van der Waals surface area contributed by atoms with Gasteiger partial charge in [0.25, 0.3) is 5.91 Å². The molecule has 4 nitrogen and oxygen atoms in total. The van der Waals surface area contributed by atoms with E-state index in [1.165, 1.54) is 6.20 Å². The zero-order valence-electron chi connectivity index (χ0n) is 11.3. The van der Waals surface area contributed by atoms with Crippen LogP contribution in [0.2, 0.25) is 5.15 Å². The van der Waals surface area contributed by atoms with E-state index in [1.54, 1.807) is 6.07 Å². The molecule has 0 aliphatic heterocycles. The van der Waals surface area contributed by atoms with Crippen LogP contribution in [0.1, 0.15) is 43.0 Å². The van der Waals surface area contributed by atoms with Crippen LogP contribution in [0, 0.1) is 5.92 Å². The Kier molecular flexibility index (Phi) is 5.04. The molecule has 1 amide bonds. The first-order valence-corrected chi connectivity index (χ1v) is 7.88. The maximum atomic E-state index is 12.1. The summed E-state index contributed by atoms with van der Waals surface area (Å²) in [6.07, 6.45) is 4.96. The Morgan fingerprint density at radius 2 is 2.25 bits per heavy atom. The lowest BCUT2D eigenvalue weighted by molar-refractivity contribution is -0.00540. The maximum Gasteiger partial charge on any atom is 0.254 e. The van der Waals surface area contributed by atoms with Crippen LogP contribution in [0.4, 0.5) is 0 Å². The molecule has 1 aromatic heterocycles. The molecule has 1 fully saturated rings. The number of aliphatic hydroxyl groups is 1. The fourth-order valence-corrected chi connectivity index (χ4v) is 2.92. The summed E-state index contributed by atoms with van der Waals surface area (Å²) in [5.74, 6) is 0.338. The zero-order valence-corrected chi connectivity index (χ0v) is 13.7. The van der Waals surface area contributed by atoms with Gasteiger partial charge in [0.2, 0.25) is 0 Å². The predicted molar refractivity (Wildman–Crippen MR) is 81.9 cm³/mol. The second-order valence-corrected chi connectivity index (χ2v) is 6.86. The Morgan fingerprint density at radius 1 is 1.60 bits per heavy atom. The van der Waals surface area contributed by atoms with Crippen LogP contribution in [-0.2, 0) is 0 Å². The van der Waals surface area contributed by atoms with Crippen LogP contribution in [0.3, 0.4) is 0 Å². The molecule has 1 saturated carbocycles. The highest BCUT2D eigenvalue weighted by Gasteiger charge is 2.32. The summed E-state index contributed by atoms with van der Waals surface area (Å²) in [6, 6.07) is 1.62. The van der Waals surface area contributed by atoms with Gasteiger partial charge in [0.1, 0.15) is 5.15 Å². The molecule has 1 heterocycles. The number of hydrogen-bond donors (Lipinski definition) is 2. The van der Waals surface area contributed by atoms with Crippen molar-refractivity contribution in [3.05, 3.63) is 27.5 Å². The molecule has 1 aliphatic carbocycles. The van der Waals surface area contributed by atoms with Gasteiger partial charge < -0.3 is 10.4 Å². The molecule has 0 spiro atoms. The van der Waals surface area contributed by atoms with Crippen LogP contribution < -0.4 is 5.32 Å². The predicted octanol–water partition coefficient (Wildman–Crippen LogP) is 3.17. The summed E-state index contributed by atoms with van der Waals surface area (Å²) in [5, 5.41) is 13.4. The first-order chi connectivity index (χ1) is 9.39. The minimum atomic E-state index is -0.798. The number of aromatic nitrogens is 1. The average molecular weight is 362 g/mol. The second-order valence-electron chi connectivity index (χ2n) is 5.58. The molecule has 1 aromatic rings. The topological polar surface area (TPSA) is 62.2 Å². The Hall–Kier alpha value is -0.650. The van der Waals surface area contributed by atoms with E-state index in [2.05, 4.69) is 33.2 Å². The van der Waals surface area contributed by atoms with E-state index in [9.17, 15) is 9.90 Å². The molecule has 110 valence electrons. The van der Waals surface area contributed by atoms with Gasteiger partial charge in [0, 0.05) is 17.2 Å². The molecular formula is C14H18BrClN2O2. The lowest BCUT2D eigenvalue weighted by Gasteiger charge is -2.34. The van der Waals surface area contributed by atoms with Crippen LogP contribution in [0.25, 0.3) is 0 Å². The average Bonchev–Trinajstić information content (AvgIpc) is 2.43. The van der Waals surface area contributed by atoms with Gasteiger partial charge in [0.05, 0.1) is 11.2 Å². The first kappa shape index (κ1) is 15.7. The molecule has 0 aromatic carbocycles. The van der Waals surface area contributed by atoms with Crippen molar-refractivity contribution in [2.24, 2.45) is 5.92 Å². The van der Waals surface area contributed by atoms with Crippen molar-refractivity contribution < 1.29 is 9.90 Å². The summed E-state index contributed by atoms with van der Waals surface area (Å²) in [4.78, 5) is 16.0. The molecule has 0 atom stereocenters. The van der Waals surface area contributed by atoms with Crippen LogP contribution in [-0.4, -0.2) is 28.1 Å². The van der Waals surface area contributed by atoms with Gasteiger partial charge in [-0.1, -0.05) is 18.5 Å². The summed E-state index contributed by atoms with van der Waals surface area (Å²) >= 11 is 9.17. The number of pyridine rings is 1. The standard InChI is InChI=1S/C14H18BrClN2O2/c1-9-2-4-14(20,5-3-9)8-18-13(19)11-6-10(15)7-17-12(11)16/h6-7,9,20H,2-5,8H2,1H3,(H,18,19). The number of carbonyl (C=O) groups excluding carboxylic acids is 1. The molecule has 0 bridgehead atoms. The SMILES string of the molecule is CC1CCC(O)(CNC(=O)c2cc(Br)cnc2Cl)CC1. The monoisotopic (exact) mass is 360 g/mol. The molecule has 2 N–H and O–H groups in total. The number of rotatable bonds is 3. The fraction of sp³-hybridized carbons (Fsp3) is 0.571. The number of hydrogen-bond acceptors (Lipinski definition) is 3. The molecule has 0 radical (unpaired) electrons. The van der Waals surface area contributed by atoms with Crippen molar-refractivity contribution in [3.8, 4) is 0 Å². The largest absolute Gasteiger partial charge is 0.388 e. The van der Waals surface area contributed by atoms with Crippen molar-refractivity contribution in [1.29, 1.82) is 0 Å². The lowest BCUT2D eigenvalue weighted by atomic mass is 9.79. The Balaban J connectivity index is 1.97. The van der Waals surface area contributed by atoms with E-state index in [1.807, 2.05) is 0 Å². The Labute approximate surface area is 132 Å². The van der Waals surface area contributed by atoms with E-state index in [0.29, 0.717) is 16.0 Å². The zero-order chi connectivity index (χ0) is 14.8. The van der Waals surface area contributed by atoms with Crippen LogP contribution in [0.5, 0.6) is 0 Å². The van der Waals surface area contributed by atoms with Gasteiger partial charge >= 0.3 is 0 Å². The number of halogens is 2. The quantitative estimate of drug-likeness (QED) is 0.813. The number of nitrogens with zero attached hydrogens (tertiary/aromatic N) is 1. The summed E-state index contributed by atoms with van der Waals surface area (Å²) < 4.78 is 0.692.